The summed E-state index contributed by atoms with van der Waals surface area (Å²) in [6, 6.07) is 0. The Labute approximate surface area is 68.4 Å². The highest BCUT2D eigenvalue weighted by molar-refractivity contribution is 5.22. The van der Waals surface area contributed by atoms with Gasteiger partial charge in [-0.15, -0.1) is 0 Å². The molecule has 1 aliphatic carbocycles. The maximum absolute atomic E-state index is 9.59. The van der Waals surface area contributed by atoms with Gasteiger partial charge in [-0.05, 0) is 38.7 Å². The van der Waals surface area contributed by atoms with Gasteiger partial charge in [0.25, 0.3) is 0 Å². The molecule has 1 saturated carbocycles. The van der Waals surface area contributed by atoms with E-state index >= 15 is 0 Å². The van der Waals surface area contributed by atoms with E-state index in [0.717, 1.165) is 19.3 Å². The van der Waals surface area contributed by atoms with E-state index in [9.17, 15) is 5.11 Å². The lowest BCUT2D eigenvalue weighted by atomic mass is 9.87. The average molecular weight is 152 g/mol. The van der Waals surface area contributed by atoms with Gasteiger partial charge < -0.3 is 5.11 Å². The van der Waals surface area contributed by atoms with Crippen LogP contribution in [0.2, 0.25) is 0 Å². The van der Waals surface area contributed by atoms with Crippen molar-refractivity contribution >= 4 is 0 Å². The third-order valence-electron chi connectivity index (χ3n) is 2.27. The topological polar surface area (TPSA) is 20.2 Å². The van der Waals surface area contributed by atoms with Gasteiger partial charge in [-0.3, -0.25) is 0 Å². The molecule has 0 aromatic rings. The van der Waals surface area contributed by atoms with Gasteiger partial charge in [0.05, 0.1) is 6.10 Å². The van der Waals surface area contributed by atoms with Crippen LogP contribution in [0.4, 0.5) is 0 Å². The summed E-state index contributed by atoms with van der Waals surface area (Å²) < 4.78 is 0. The smallest absolute Gasteiger partial charge is 0.0789 e. The largest absolute Gasteiger partial charge is 0.388 e. The first-order chi connectivity index (χ1) is 5.11. The fourth-order valence-corrected chi connectivity index (χ4v) is 1.56. The van der Waals surface area contributed by atoms with Crippen LogP contribution in [0.5, 0.6) is 0 Å². The van der Waals surface area contributed by atoms with E-state index in [1.165, 1.54) is 16.7 Å². The summed E-state index contributed by atoms with van der Waals surface area (Å²) in [6.07, 6.45) is 2.57. The fraction of sp³-hybridized carbons (Fsp3) is 0.600. The van der Waals surface area contributed by atoms with Crippen LogP contribution < -0.4 is 0 Å². The van der Waals surface area contributed by atoms with E-state index < -0.39 is 0 Å². The van der Waals surface area contributed by atoms with Crippen LogP contribution in [0.15, 0.2) is 23.3 Å². The minimum absolute atomic E-state index is 0.249. The van der Waals surface area contributed by atoms with Crippen molar-refractivity contribution in [1.82, 2.24) is 0 Å². The Bertz CT molecular complexity index is 197. The molecule has 1 N–H and O–H groups in total. The Hall–Kier alpha value is -0.560. The summed E-state index contributed by atoms with van der Waals surface area (Å²) in [7, 11) is 0. The second-order valence-corrected chi connectivity index (χ2v) is 3.50. The minimum Gasteiger partial charge on any atom is -0.388 e. The number of hydrogen-bond acceptors (Lipinski definition) is 1. The second kappa shape index (κ2) is 3.22. The van der Waals surface area contributed by atoms with Crippen LogP contribution in [0, 0.1) is 0 Å². The molecule has 1 aliphatic rings. The quantitative estimate of drug-likeness (QED) is 0.528. The molecule has 11 heavy (non-hydrogen) atoms. The number of aliphatic hydroxyl groups is 1. The SMILES string of the molecule is C=C1CCC(=C(C)C)C(O)C1. The molecule has 1 unspecified atom stereocenters. The first-order valence-electron chi connectivity index (χ1n) is 4.12. The van der Waals surface area contributed by atoms with Crippen molar-refractivity contribution < 1.29 is 5.11 Å². The lowest BCUT2D eigenvalue weighted by molar-refractivity contribution is 0.196. The maximum Gasteiger partial charge on any atom is 0.0789 e. The van der Waals surface area contributed by atoms with Crippen LogP contribution >= 0.6 is 0 Å². The van der Waals surface area contributed by atoms with Gasteiger partial charge in [0.1, 0.15) is 0 Å². The van der Waals surface area contributed by atoms with E-state index in [4.69, 9.17) is 0 Å². The summed E-state index contributed by atoms with van der Waals surface area (Å²) in [6.45, 7) is 8.00. The van der Waals surface area contributed by atoms with Crippen molar-refractivity contribution in [3.8, 4) is 0 Å². The van der Waals surface area contributed by atoms with Crippen molar-refractivity contribution in [1.29, 1.82) is 0 Å². The number of hydrogen-bond donors (Lipinski definition) is 1. The van der Waals surface area contributed by atoms with Gasteiger partial charge in [0.2, 0.25) is 0 Å². The number of allylic oxidation sites excluding steroid dienone is 1. The first-order valence-corrected chi connectivity index (χ1v) is 4.12. The van der Waals surface area contributed by atoms with Crippen molar-refractivity contribution in [2.24, 2.45) is 0 Å². The average Bonchev–Trinajstić information content (AvgIpc) is 1.85. The molecule has 1 heteroatoms. The Balaban J connectivity index is 2.73. The molecule has 1 nitrogen and oxygen atoms in total. The second-order valence-electron chi connectivity index (χ2n) is 3.50. The third-order valence-corrected chi connectivity index (χ3v) is 2.27. The highest BCUT2D eigenvalue weighted by atomic mass is 16.3. The molecular formula is C10H16O. The Kier molecular flexibility index (Phi) is 2.50. The van der Waals surface area contributed by atoms with Crippen LogP contribution in [0.25, 0.3) is 0 Å². The summed E-state index contributed by atoms with van der Waals surface area (Å²) in [4.78, 5) is 0. The van der Waals surface area contributed by atoms with Crippen molar-refractivity contribution in [3.05, 3.63) is 23.3 Å². The highest BCUT2D eigenvalue weighted by Crippen LogP contribution is 2.28. The summed E-state index contributed by atoms with van der Waals surface area (Å²) in [5.41, 5.74) is 3.67. The molecule has 0 saturated heterocycles. The lowest BCUT2D eigenvalue weighted by Crippen LogP contribution is -2.17. The summed E-state index contributed by atoms with van der Waals surface area (Å²) in [5.74, 6) is 0. The summed E-state index contributed by atoms with van der Waals surface area (Å²) >= 11 is 0. The predicted molar refractivity (Wildman–Crippen MR) is 47.4 cm³/mol. The van der Waals surface area contributed by atoms with E-state index in [1.807, 2.05) is 0 Å². The van der Waals surface area contributed by atoms with E-state index in [-0.39, 0.29) is 6.10 Å². The Morgan fingerprint density at radius 2 is 2.09 bits per heavy atom. The molecule has 1 fully saturated rings. The molecule has 1 rings (SSSR count). The molecule has 0 aromatic heterocycles. The molecule has 0 bridgehead atoms. The zero-order valence-electron chi connectivity index (χ0n) is 7.35. The maximum atomic E-state index is 9.59. The number of rotatable bonds is 0. The van der Waals surface area contributed by atoms with Gasteiger partial charge in [0, 0.05) is 0 Å². The van der Waals surface area contributed by atoms with Crippen molar-refractivity contribution in [3.63, 3.8) is 0 Å². The molecule has 0 aromatic carbocycles. The predicted octanol–water partition coefficient (Wildman–Crippen LogP) is 2.42. The Morgan fingerprint density at radius 3 is 2.55 bits per heavy atom. The Morgan fingerprint density at radius 1 is 1.45 bits per heavy atom. The molecule has 0 aliphatic heterocycles. The molecular weight excluding hydrogens is 136 g/mol. The minimum atomic E-state index is -0.249. The summed E-state index contributed by atoms with van der Waals surface area (Å²) in [5, 5.41) is 9.59. The number of aliphatic hydroxyl groups excluding tert-OH is 1. The normalized spacial score (nSPS) is 25.5. The lowest BCUT2D eigenvalue weighted by Gasteiger charge is -2.23. The zero-order valence-corrected chi connectivity index (χ0v) is 7.35. The van der Waals surface area contributed by atoms with Crippen LogP contribution in [0.3, 0.4) is 0 Å². The van der Waals surface area contributed by atoms with E-state index in [2.05, 4.69) is 20.4 Å². The standard InChI is InChI=1S/C10H16O/c1-7(2)9-5-4-8(3)6-10(9)11/h10-11H,3-6H2,1-2H3. The molecule has 1 atom stereocenters. The van der Waals surface area contributed by atoms with Crippen molar-refractivity contribution in [2.75, 3.05) is 0 Å². The van der Waals surface area contributed by atoms with Crippen molar-refractivity contribution in [2.45, 2.75) is 39.2 Å². The van der Waals surface area contributed by atoms with Gasteiger partial charge in [0.15, 0.2) is 0 Å². The van der Waals surface area contributed by atoms with Gasteiger partial charge >= 0.3 is 0 Å². The van der Waals surface area contributed by atoms with Crippen LogP contribution in [0.1, 0.15) is 33.1 Å². The van der Waals surface area contributed by atoms with Gasteiger partial charge in [-0.25, -0.2) is 0 Å². The molecule has 0 radical (unpaired) electrons. The van der Waals surface area contributed by atoms with Gasteiger partial charge in [-0.2, -0.15) is 0 Å². The third kappa shape index (κ3) is 1.93. The van der Waals surface area contributed by atoms with Crippen LogP contribution in [-0.4, -0.2) is 11.2 Å². The monoisotopic (exact) mass is 152 g/mol. The first kappa shape index (κ1) is 8.54. The van der Waals surface area contributed by atoms with E-state index in [1.54, 1.807) is 0 Å². The van der Waals surface area contributed by atoms with E-state index in [0.29, 0.717) is 0 Å². The zero-order chi connectivity index (χ0) is 8.43. The molecule has 0 spiro atoms. The van der Waals surface area contributed by atoms with Gasteiger partial charge in [-0.1, -0.05) is 17.7 Å². The molecule has 0 amide bonds. The molecule has 0 heterocycles. The van der Waals surface area contributed by atoms with Crippen LogP contribution in [-0.2, 0) is 0 Å². The molecule has 62 valence electrons. The highest BCUT2D eigenvalue weighted by Gasteiger charge is 2.18. The fourth-order valence-electron chi connectivity index (χ4n) is 1.56.